The fraction of sp³-hybridized carbons (Fsp3) is 0.263. The van der Waals surface area contributed by atoms with E-state index in [9.17, 15) is 0 Å². The number of fused-ring (bicyclic) bond motifs is 1. The van der Waals surface area contributed by atoms with Gasteiger partial charge in [-0.2, -0.15) is 0 Å². The molecule has 0 radical (unpaired) electrons. The zero-order valence-electron chi connectivity index (χ0n) is 12.3. The third-order valence-electron chi connectivity index (χ3n) is 4.09. The minimum Gasteiger partial charge on any atom is -0.347 e. The zero-order chi connectivity index (χ0) is 14.7. The maximum Gasteiger partial charge on any atom is 0.0486 e. The average Bonchev–Trinajstić information content (AvgIpc) is 2.82. The van der Waals surface area contributed by atoms with Crippen LogP contribution in [-0.4, -0.2) is 10.4 Å². The summed E-state index contributed by atoms with van der Waals surface area (Å²) in [5.74, 6) is 0.741. The number of unbranched alkanes of at least 4 members (excludes halogenated alkanes) is 1. The van der Waals surface area contributed by atoms with Gasteiger partial charge in [0.2, 0.25) is 0 Å². The molecule has 0 atom stereocenters. The monoisotopic (exact) mass is 297 g/mol. The van der Waals surface area contributed by atoms with Gasteiger partial charge in [-0.15, -0.1) is 11.6 Å². The number of nitrogens with zero attached hydrogens (tertiary/aromatic N) is 1. The summed E-state index contributed by atoms with van der Waals surface area (Å²) in [6, 6.07) is 19.4. The van der Waals surface area contributed by atoms with Crippen LogP contribution in [-0.2, 0) is 13.5 Å². The fourth-order valence-electron chi connectivity index (χ4n) is 3.05. The summed E-state index contributed by atoms with van der Waals surface area (Å²) in [6.07, 6.45) is 3.27. The number of aromatic nitrogens is 1. The smallest absolute Gasteiger partial charge is 0.0486 e. The Bertz CT molecular complexity index is 728. The van der Waals surface area contributed by atoms with Crippen molar-refractivity contribution in [2.24, 2.45) is 7.05 Å². The molecule has 21 heavy (non-hydrogen) atoms. The Morgan fingerprint density at radius 3 is 2.38 bits per heavy atom. The van der Waals surface area contributed by atoms with E-state index in [1.165, 1.54) is 27.7 Å². The molecule has 2 aromatic carbocycles. The third-order valence-corrected chi connectivity index (χ3v) is 4.36. The Labute approximate surface area is 131 Å². The van der Waals surface area contributed by atoms with E-state index in [1.54, 1.807) is 0 Å². The van der Waals surface area contributed by atoms with Crippen molar-refractivity contribution in [3.05, 3.63) is 60.3 Å². The predicted molar refractivity (Wildman–Crippen MR) is 92.0 cm³/mol. The quantitative estimate of drug-likeness (QED) is 0.438. The fourth-order valence-corrected chi connectivity index (χ4v) is 3.24. The Kier molecular flexibility index (Phi) is 4.31. The zero-order valence-corrected chi connectivity index (χ0v) is 13.1. The summed E-state index contributed by atoms with van der Waals surface area (Å²) in [6.45, 7) is 0. The maximum absolute atomic E-state index is 5.84. The number of aryl methyl sites for hydroxylation is 1. The summed E-state index contributed by atoms with van der Waals surface area (Å²) in [5.41, 5.74) is 5.39. The van der Waals surface area contributed by atoms with Gasteiger partial charge in [0.1, 0.15) is 0 Å². The molecule has 0 aliphatic rings. The van der Waals surface area contributed by atoms with Crippen LogP contribution in [0.5, 0.6) is 0 Å². The van der Waals surface area contributed by atoms with Crippen LogP contribution < -0.4 is 0 Å². The number of benzene rings is 2. The largest absolute Gasteiger partial charge is 0.347 e. The summed E-state index contributed by atoms with van der Waals surface area (Å²) < 4.78 is 2.34. The first kappa shape index (κ1) is 14.2. The molecule has 1 nitrogen and oxygen atoms in total. The molecule has 3 aromatic rings. The number of para-hydroxylation sites is 1. The summed E-state index contributed by atoms with van der Waals surface area (Å²) in [7, 11) is 2.17. The molecule has 1 heterocycles. The van der Waals surface area contributed by atoms with Gasteiger partial charge in [0, 0.05) is 35.1 Å². The lowest BCUT2D eigenvalue weighted by Gasteiger charge is -2.08. The summed E-state index contributed by atoms with van der Waals surface area (Å²) in [5, 5.41) is 1.34. The second-order valence-electron chi connectivity index (χ2n) is 5.41. The first-order chi connectivity index (χ1) is 10.3. The number of hydrogen-bond donors (Lipinski definition) is 0. The van der Waals surface area contributed by atoms with E-state index in [4.69, 9.17) is 11.6 Å². The Morgan fingerprint density at radius 2 is 1.62 bits per heavy atom. The van der Waals surface area contributed by atoms with E-state index >= 15 is 0 Å². The highest BCUT2D eigenvalue weighted by molar-refractivity contribution is 6.17. The van der Waals surface area contributed by atoms with E-state index in [-0.39, 0.29) is 0 Å². The lowest BCUT2D eigenvalue weighted by molar-refractivity contribution is 0.747. The van der Waals surface area contributed by atoms with Gasteiger partial charge in [0.15, 0.2) is 0 Å². The number of alkyl halides is 1. The molecule has 0 saturated heterocycles. The van der Waals surface area contributed by atoms with Crippen LogP contribution in [0.1, 0.15) is 18.5 Å². The van der Waals surface area contributed by atoms with Crippen molar-refractivity contribution in [3.63, 3.8) is 0 Å². The second-order valence-corrected chi connectivity index (χ2v) is 5.79. The highest BCUT2D eigenvalue weighted by Crippen LogP contribution is 2.35. The Balaban J connectivity index is 2.17. The van der Waals surface area contributed by atoms with Crippen molar-refractivity contribution in [1.29, 1.82) is 0 Å². The lowest BCUT2D eigenvalue weighted by atomic mass is 9.99. The molecule has 2 heteroatoms. The van der Waals surface area contributed by atoms with Crippen LogP contribution >= 0.6 is 11.6 Å². The number of halogens is 1. The third kappa shape index (κ3) is 2.71. The lowest BCUT2D eigenvalue weighted by Crippen LogP contribution is -1.98. The molecule has 1 aromatic heterocycles. The molecule has 0 aliphatic heterocycles. The van der Waals surface area contributed by atoms with Gasteiger partial charge >= 0.3 is 0 Å². The van der Waals surface area contributed by atoms with E-state index in [0.717, 1.165) is 25.1 Å². The number of hydrogen-bond acceptors (Lipinski definition) is 0. The van der Waals surface area contributed by atoms with E-state index < -0.39 is 0 Å². The highest BCUT2D eigenvalue weighted by Gasteiger charge is 2.15. The molecule has 0 unspecified atom stereocenters. The molecular formula is C19H20ClN. The SMILES string of the molecule is Cn1c(CCCCCl)c(-c2ccccc2)c2ccccc21. The summed E-state index contributed by atoms with van der Waals surface area (Å²) in [4.78, 5) is 0. The first-order valence-electron chi connectivity index (χ1n) is 7.50. The normalized spacial score (nSPS) is 11.1. The van der Waals surface area contributed by atoms with Gasteiger partial charge < -0.3 is 4.57 Å². The maximum atomic E-state index is 5.84. The first-order valence-corrected chi connectivity index (χ1v) is 8.04. The molecule has 0 saturated carbocycles. The minimum absolute atomic E-state index is 0.741. The van der Waals surface area contributed by atoms with Crippen LogP contribution in [0.3, 0.4) is 0 Å². The minimum atomic E-state index is 0.741. The van der Waals surface area contributed by atoms with Gasteiger partial charge in [-0.25, -0.2) is 0 Å². The van der Waals surface area contributed by atoms with Crippen LogP contribution in [0.4, 0.5) is 0 Å². The molecule has 0 spiro atoms. The van der Waals surface area contributed by atoms with Crippen LogP contribution in [0.2, 0.25) is 0 Å². The molecule has 0 aliphatic carbocycles. The average molecular weight is 298 g/mol. The molecule has 0 fully saturated rings. The highest BCUT2D eigenvalue weighted by atomic mass is 35.5. The standard InChI is InChI=1S/C19H20ClN/c1-21-17-12-6-5-11-16(17)19(15-9-3-2-4-10-15)18(21)13-7-8-14-20/h2-6,9-12H,7-8,13-14H2,1H3. The van der Waals surface area contributed by atoms with Crippen molar-refractivity contribution in [1.82, 2.24) is 4.57 Å². The predicted octanol–water partition coefficient (Wildman–Crippen LogP) is 5.41. The van der Waals surface area contributed by atoms with Crippen molar-refractivity contribution in [2.75, 3.05) is 5.88 Å². The van der Waals surface area contributed by atoms with E-state index in [1.807, 2.05) is 0 Å². The van der Waals surface area contributed by atoms with Crippen LogP contribution in [0.15, 0.2) is 54.6 Å². The van der Waals surface area contributed by atoms with Gasteiger partial charge in [0.05, 0.1) is 0 Å². The molecule has 108 valence electrons. The van der Waals surface area contributed by atoms with Crippen molar-refractivity contribution in [3.8, 4) is 11.1 Å². The molecule has 0 amide bonds. The van der Waals surface area contributed by atoms with Crippen molar-refractivity contribution < 1.29 is 0 Å². The van der Waals surface area contributed by atoms with Crippen molar-refractivity contribution in [2.45, 2.75) is 19.3 Å². The van der Waals surface area contributed by atoms with E-state index in [0.29, 0.717) is 0 Å². The molecule has 3 rings (SSSR count). The molecular weight excluding hydrogens is 278 g/mol. The van der Waals surface area contributed by atoms with Gasteiger partial charge in [-0.1, -0.05) is 48.5 Å². The Morgan fingerprint density at radius 1 is 0.905 bits per heavy atom. The topological polar surface area (TPSA) is 4.93 Å². The Hall–Kier alpha value is -1.73. The van der Waals surface area contributed by atoms with Gasteiger partial charge in [0.25, 0.3) is 0 Å². The molecule has 0 bridgehead atoms. The van der Waals surface area contributed by atoms with E-state index in [2.05, 4.69) is 66.2 Å². The number of rotatable bonds is 5. The van der Waals surface area contributed by atoms with Gasteiger partial charge in [-0.05, 0) is 30.9 Å². The van der Waals surface area contributed by atoms with Crippen LogP contribution in [0, 0.1) is 0 Å². The van der Waals surface area contributed by atoms with Crippen molar-refractivity contribution >= 4 is 22.5 Å². The molecule has 0 N–H and O–H groups in total. The van der Waals surface area contributed by atoms with Gasteiger partial charge in [-0.3, -0.25) is 0 Å². The van der Waals surface area contributed by atoms with Crippen LogP contribution in [0.25, 0.3) is 22.0 Å². The summed E-state index contributed by atoms with van der Waals surface area (Å²) >= 11 is 5.84. The second kappa shape index (κ2) is 6.36.